The summed E-state index contributed by atoms with van der Waals surface area (Å²) in [6.45, 7) is 3.50. The highest BCUT2D eigenvalue weighted by Gasteiger charge is 2.42. The highest BCUT2D eigenvalue weighted by Crippen LogP contribution is 2.39. The summed E-state index contributed by atoms with van der Waals surface area (Å²) in [5.41, 5.74) is 0.801. The van der Waals surface area contributed by atoms with Crippen LogP contribution in [-0.4, -0.2) is 51.3 Å². The van der Waals surface area contributed by atoms with Gasteiger partial charge in [-0.15, -0.1) is 0 Å². The van der Waals surface area contributed by atoms with Crippen molar-refractivity contribution >= 4 is 17.8 Å². The lowest BCUT2D eigenvalue weighted by atomic mass is 9.93. The van der Waals surface area contributed by atoms with Crippen LogP contribution in [0.2, 0.25) is 0 Å². The first kappa shape index (κ1) is 23.9. The molecule has 0 spiro atoms. The van der Waals surface area contributed by atoms with E-state index in [0.29, 0.717) is 22.8 Å². The summed E-state index contributed by atoms with van der Waals surface area (Å²) in [5, 5.41) is 2.48. The van der Waals surface area contributed by atoms with Crippen LogP contribution in [0, 0.1) is 5.92 Å². The number of alkyl carbamates (subject to hydrolysis) is 1. The summed E-state index contributed by atoms with van der Waals surface area (Å²) >= 11 is 0. The molecule has 2 aromatic carbocycles. The average molecular weight is 457 g/mol. The van der Waals surface area contributed by atoms with Crippen molar-refractivity contribution in [1.29, 1.82) is 0 Å². The number of esters is 1. The molecule has 1 aliphatic rings. The molecule has 33 heavy (non-hydrogen) atoms. The smallest absolute Gasteiger partial charge is 0.408 e. The van der Waals surface area contributed by atoms with Gasteiger partial charge in [-0.05, 0) is 36.2 Å². The number of ketones is 1. The molecule has 9 nitrogen and oxygen atoms in total. The molecule has 0 aliphatic carbocycles. The number of carbonyl (C=O) groups excluding carboxylic acids is 3. The minimum atomic E-state index is -1.32. The SMILES string of the molecule is COC(=O)[C@@H](NC(=O)O[C@@H]1C(=O)c2cc(OC)ccc2O[C@H]1c1cccc(OC)c1)C(C)C. The molecule has 1 heterocycles. The van der Waals surface area contributed by atoms with E-state index in [1.165, 1.54) is 27.4 Å². The molecule has 1 aliphatic heterocycles. The number of Topliss-reactive ketones (excluding diaryl/α,β-unsaturated/α-hetero) is 1. The Bertz CT molecular complexity index is 1030. The van der Waals surface area contributed by atoms with Gasteiger partial charge in [0.1, 0.15) is 23.3 Å². The molecule has 0 bridgehead atoms. The lowest BCUT2D eigenvalue weighted by molar-refractivity contribution is -0.144. The first-order valence-corrected chi connectivity index (χ1v) is 10.4. The monoisotopic (exact) mass is 457 g/mol. The van der Waals surface area contributed by atoms with E-state index in [1.54, 1.807) is 50.2 Å². The number of rotatable bonds is 7. The molecule has 0 saturated heterocycles. The molecule has 1 N–H and O–H groups in total. The lowest BCUT2D eigenvalue weighted by Crippen LogP contribution is -2.48. The molecule has 0 aromatic heterocycles. The Morgan fingerprint density at radius 2 is 1.70 bits per heavy atom. The van der Waals surface area contributed by atoms with E-state index in [1.807, 2.05) is 0 Å². The number of ether oxygens (including phenoxy) is 5. The molecule has 3 rings (SSSR count). The van der Waals surface area contributed by atoms with Crippen molar-refractivity contribution < 1.29 is 38.1 Å². The molecule has 0 saturated carbocycles. The van der Waals surface area contributed by atoms with Crippen molar-refractivity contribution in [3.8, 4) is 17.2 Å². The third kappa shape index (κ3) is 5.19. The van der Waals surface area contributed by atoms with E-state index in [9.17, 15) is 14.4 Å². The highest BCUT2D eigenvalue weighted by atomic mass is 16.6. The number of amides is 1. The molecule has 3 atom stereocenters. The van der Waals surface area contributed by atoms with Crippen LogP contribution >= 0.6 is 0 Å². The van der Waals surface area contributed by atoms with Crippen LogP contribution in [0.3, 0.4) is 0 Å². The second kappa shape index (κ2) is 10.2. The van der Waals surface area contributed by atoms with E-state index in [2.05, 4.69) is 5.32 Å². The Morgan fingerprint density at radius 1 is 1.00 bits per heavy atom. The molecule has 176 valence electrons. The summed E-state index contributed by atoms with van der Waals surface area (Å²) in [6.07, 6.45) is -3.20. The molecular weight excluding hydrogens is 430 g/mol. The fourth-order valence-electron chi connectivity index (χ4n) is 3.50. The van der Waals surface area contributed by atoms with E-state index >= 15 is 0 Å². The number of nitrogens with one attached hydrogen (secondary N) is 1. The maximum Gasteiger partial charge on any atom is 0.408 e. The zero-order valence-electron chi connectivity index (χ0n) is 19.1. The van der Waals surface area contributed by atoms with Crippen LogP contribution in [0.25, 0.3) is 0 Å². The number of hydrogen-bond donors (Lipinski definition) is 1. The number of benzene rings is 2. The van der Waals surface area contributed by atoms with E-state index in [0.717, 1.165) is 0 Å². The Hall–Kier alpha value is -3.75. The molecule has 9 heteroatoms. The summed E-state index contributed by atoms with van der Waals surface area (Å²) < 4.78 is 26.9. The van der Waals surface area contributed by atoms with Gasteiger partial charge in [0, 0.05) is 5.56 Å². The summed E-state index contributed by atoms with van der Waals surface area (Å²) in [7, 11) is 4.23. The summed E-state index contributed by atoms with van der Waals surface area (Å²) in [4.78, 5) is 38.2. The predicted molar refractivity (Wildman–Crippen MR) is 118 cm³/mol. The van der Waals surface area contributed by atoms with Gasteiger partial charge in [-0.3, -0.25) is 4.79 Å². The van der Waals surface area contributed by atoms with Crippen molar-refractivity contribution in [2.45, 2.75) is 32.1 Å². The van der Waals surface area contributed by atoms with Crippen molar-refractivity contribution in [1.82, 2.24) is 5.32 Å². The summed E-state index contributed by atoms with van der Waals surface area (Å²) in [5.74, 6) is 0.00740. The molecular formula is C24H27NO8. The first-order chi connectivity index (χ1) is 15.8. The van der Waals surface area contributed by atoms with Crippen LogP contribution in [0.4, 0.5) is 4.79 Å². The zero-order valence-corrected chi connectivity index (χ0v) is 19.1. The summed E-state index contributed by atoms with van der Waals surface area (Å²) in [6, 6.07) is 10.8. The fraction of sp³-hybridized carbons (Fsp3) is 0.375. The van der Waals surface area contributed by atoms with Gasteiger partial charge < -0.3 is 29.0 Å². The third-order valence-corrected chi connectivity index (χ3v) is 5.29. The van der Waals surface area contributed by atoms with E-state index in [-0.39, 0.29) is 11.5 Å². The molecule has 0 fully saturated rings. The number of methoxy groups -OCH3 is 3. The third-order valence-electron chi connectivity index (χ3n) is 5.29. The maximum absolute atomic E-state index is 13.4. The normalized spacial score (nSPS) is 17.9. The Balaban J connectivity index is 1.95. The van der Waals surface area contributed by atoms with Gasteiger partial charge in [-0.25, -0.2) is 9.59 Å². The number of hydrogen-bond acceptors (Lipinski definition) is 8. The average Bonchev–Trinajstić information content (AvgIpc) is 2.83. The van der Waals surface area contributed by atoms with Crippen LogP contribution in [0.5, 0.6) is 17.2 Å². The second-order valence-electron chi connectivity index (χ2n) is 7.76. The molecule has 1 amide bonds. The van der Waals surface area contributed by atoms with Gasteiger partial charge in [0.2, 0.25) is 11.9 Å². The Kier molecular flexibility index (Phi) is 7.42. The van der Waals surface area contributed by atoms with Crippen LogP contribution in [0.15, 0.2) is 42.5 Å². The Morgan fingerprint density at radius 3 is 2.33 bits per heavy atom. The fourth-order valence-corrected chi connectivity index (χ4v) is 3.50. The maximum atomic E-state index is 13.4. The minimum Gasteiger partial charge on any atom is -0.497 e. The van der Waals surface area contributed by atoms with Crippen molar-refractivity contribution in [2.24, 2.45) is 5.92 Å². The van der Waals surface area contributed by atoms with E-state index in [4.69, 9.17) is 23.7 Å². The zero-order chi connectivity index (χ0) is 24.1. The standard InChI is InChI=1S/C24H27NO8/c1-13(2)19(23(27)31-5)25-24(28)33-22-20(26)17-12-16(30-4)9-10-18(17)32-21(22)14-7-6-8-15(11-14)29-3/h6-13,19,21-22H,1-5H3,(H,25,28)/t19-,21-,22+/m0/s1. The van der Waals surface area contributed by atoms with Gasteiger partial charge in [0.05, 0.1) is 26.9 Å². The largest absolute Gasteiger partial charge is 0.497 e. The van der Waals surface area contributed by atoms with Gasteiger partial charge in [0.15, 0.2) is 6.10 Å². The van der Waals surface area contributed by atoms with Crippen LogP contribution in [0.1, 0.15) is 35.9 Å². The van der Waals surface area contributed by atoms with Gasteiger partial charge in [-0.1, -0.05) is 26.0 Å². The lowest BCUT2D eigenvalue weighted by Gasteiger charge is -2.33. The van der Waals surface area contributed by atoms with E-state index < -0.39 is 36.1 Å². The highest BCUT2D eigenvalue weighted by molar-refractivity contribution is 6.04. The molecule has 0 radical (unpaired) electrons. The topological polar surface area (TPSA) is 109 Å². The van der Waals surface area contributed by atoms with Crippen LogP contribution < -0.4 is 19.5 Å². The van der Waals surface area contributed by atoms with Crippen LogP contribution in [-0.2, 0) is 14.3 Å². The minimum absolute atomic E-state index is 0.222. The first-order valence-electron chi connectivity index (χ1n) is 10.4. The Labute approximate surface area is 191 Å². The second-order valence-corrected chi connectivity index (χ2v) is 7.76. The predicted octanol–water partition coefficient (Wildman–Crippen LogP) is 3.31. The quantitative estimate of drug-likeness (QED) is 0.631. The van der Waals surface area contributed by atoms with Gasteiger partial charge in [-0.2, -0.15) is 0 Å². The number of carbonyl (C=O) groups is 3. The van der Waals surface area contributed by atoms with Crippen molar-refractivity contribution in [2.75, 3.05) is 21.3 Å². The molecule has 0 unspecified atom stereocenters. The van der Waals surface area contributed by atoms with Crippen molar-refractivity contribution in [3.05, 3.63) is 53.6 Å². The molecule has 2 aromatic rings. The van der Waals surface area contributed by atoms with Crippen molar-refractivity contribution in [3.63, 3.8) is 0 Å². The number of fused-ring (bicyclic) bond motifs is 1. The van der Waals surface area contributed by atoms with Gasteiger partial charge in [0.25, 0.3) is 0 Å². The van der Waals surface area contributed by atoms with Gasteiger partial charge >= 0.3 is 12.1 Å².